The van der Waals surface area contributed by atoms with Crippen LogP contribution in [0.4, 0.5) is 9.59 Å². The second-order valence-electron chi connectivity index (χ2n) is 16.6. The SMILES string of the molecule is COC(=O)N[C@H](C(=O)N1CCC[C@H]1c1ncc(-c2cc3c4c(c2)OCc2cc(-c5cnc([C@@H]6CCCN6C(=O)[C@@H](NC(=O)O)C(C)C)[nH]5)cc(c2-4)OC3)[nH]1)C1CCOCC1. The van der Waals surface area contributed by atoms with Gasteiger partial charge in [0.25, 0.3) is 0 Å². The Morgan fingerprint density at radius 2 is 1.32 bits per heavy atom. The Hall–Kier alpha value is -6.10. The number of imidazole rings is 2. The number of carbonyl (C=O) groups excluding carboxylic acids is 3. The highest BCUT2D eigenvalue weighted by molar-refractivity contribution is 5.89. The monoisotopic (exact) mass is 822 g/mol. The predicted molar refractivity (Wildman–Crippen MR) is 216 cm³/mol. The van der Waals surface area contributed by atoms with E-state index < -0.39 is 24.3 Å². The average molecular weight is 823 g/mol. The molecule has 5 aliphatic rings. The zero-order valence-electron chi connectivity index (χ0n) is 33.9. The fourth-order valence-corrected chi connectivity index (χ4v) is 9.55. The van der Waals surface area contributed by atoms with Gasteiger partial charge in [0.15, 0.2) is 0 Å². The second kappa shape index (κ2) is 16.2. The number of amides is 4. The minimum Gasteiger partial charge on any atom is -0.488 e. The van der Waals surface area contributed by atoms with Crippen LogP contribution in [0.1, 0.15) is 87.2 Å². The van der Waals surface area contributed by atoms with Gasteiger partial charge in [-0.25, -0.2) is 19.6 Å². The number of ether oxygens (including phenoxy) is 4. The van der Waals surface area contributed by atoms with E-state index in [1.165, 1.54) is 7.11 Å². The Morgan fingerprint density at radius 3 is 1.82 bits per heavy atom. The number of likely N-dealkylation sites (tertiary alicyclic amines) is 2. The van der Waals surface area contributed by atoms with Gasteiger partial charge in [-0.2, -0.15) is 0 Å². The lowest BCUT2D eigenvalue weighted by atomic mass is 9.87. The van der Waals surface area contributed by atoms with Crippen LogP contribution in [0.15, 0.2) is 36.7 Å². The van der Waals surface area contributed by atoms with E-state index in [1.807, 2.05) is 30.9 Å². The van der Waals surface area contributed by atoms with Gasteiger partial charge in [0.1, 0.15) is 48.4 Å². The molecule has 17 heteroatoms. The molecule has 7 heterocycles. The lowest BCUT2D eigenvalue weighted by Crippen LogP contribution is -2.53. The molecule has 3 saturated heterocycles. The molecule has 316 valence electrons. The van der Waals surface area contributed by atoms with E-state index in [9.17, 15) is 24.3 Å². The van der Waals surface area contributed by atoms with Gasteiger partial charge in [-0.15, -0.1) is 0 Å². The van der Waals surface area contributed by atoms with Crippen molar-refractivity contribution in [3.63, 3.8) is 0 Å². The van der Waals surface area contributed by atoms with Gasteiger partial charge in [0.05, 0.1) is 43.0 Å². The standard InChI is InChI=1S/C43H50N8O9/c1-22(2)36(48-42(54)55)40(52)50-10-4-6-30(50)38-44-18-28(46-38)24-14-26-20-60-33-17-25(15-27-21-59-32(16-24)34(26)35(27)33)29-19-45-39(47-29)31-7-5-11-51(31)41(53)37(49-43(56)57-3)23-8-12-58-13-9-23/h14-19,22-23,30-31,36-37,48H,4-13,20-21H2,1-3H3,(H,44,46)(H,45,47)(H,49,56)(H,54,55)/t30-,31-,36-,37-/m0/s1. The number of nitrogens with one attached hydrogen (secondary N) is 4. The van der Waals surface area contributed by atoms with Crippen molar-refractivity contribution in [2.75, 3.05) is 33.4 Å². The minimum atomic E-state index is -1.22. The van der Waals surface area contributed by atoms with Crippen molar-refractivity contribution in [1.29, 1.82) is 0 Å². The molecule has 4 atom stereocenters. The third kappa shape index (κ3) is 7.28. The van der Waals surface area contributed by atoms with Crippen molar-refractivity contribution in [2.45, 2.75) is 89.8 Å². The summed E-state index contributed by atoms with van der Waals surface area (Å²) in [7, 11) is 1.30. The summed E-state index contributed by atoms with van der Waals surface area (Å²) in [5, 5.41) is 14.6. The highest BCUT2D eigenvalue weighted by Gasteiger charge is 2.41. The van der Waals surface area contributed by atoms with Crippen molar-refractivity contribution in [1.82, 2.24) is 40.4 Å². The van der Waals surface area contributed by atoms with E-state index in [1.54, 1.807) is 17.3 Å². The molecule has 0 saturated carbocycles. The Kier molecular flexibility index (Phi) is 10.6. The van der Waals surface area contributed by atoms with Crippen molar-refractivity contribution in [3.8, 4) is 45.1 Å². The molecule has 5 aliphatic heterocycles. The van der Waals surface area contributed by atoms with E-state index in [-0.39, 0.29) is 35.7 Å². The van der Waals surface area contributed by atoms with Crippen molar-refractivity contribution < 1.29 is 43.2 Å². The molecule has 4 amide bonds. The molecule has 0 radical (unpaired) electrons. The molecule has 0 spiro atoms. The van der Waals surface area contributed by atoms with E-state index in [0.29, 0.717) is 64.0 Å². The van der Waals surface area contributed by atoms with Crippen LogP contribution in [0.5, 0.6) is 11.5 Å². The van der Waals surface area contributed by atoms with Gasteiger partial charge in [0.2, 0.25) is 11.8 Å². The smallest absolute Gasteiger partial charge is 0.407 e. The predicted octanol–water partition coefficient (Wildman–Crippen LogP) is 5.69. The van der Waals surface area contributed by atoms with Crippen LogP contribution < -0.4 is 20.1 Å². The van der Waals surface area contributed by atoms with E-state index >= 15 is 0 Å². The third-order valence-corrected chi connectivity index (χ3v) is 12.6. The summed E-state index contributed by atoms with van der Waals surface area (Å²) in [6, 6.07) is 6.09. The number of aromatic nitrogens is 4. The summed E-state index contributed by atoms with van der Waals surface area (Å²) in [6.07, 6.45) is 6.13. The lowest BCUT2D eigenvalue weighted by Gasteiger charge is -2.34. The Balaban J connectivity index is 0.937. The number of benzene rings is 2. The molecule has 0 aliphatic carbocycles. The van der Waals surface area contributed by atoms with Crippen LogP contribution in [0, 0.1) is 11.8 Å². The number of carboxylic acid groups (broad SMARTS) is 1. The largest absolute Gasteiger partial charge is 0.488 e. The molecule has 5 N–H and O–H groups in total. The topological polar surface area (TPSA) is 213 Å². The maximum absolute atomic E-state index is 14.1. The maximum atomic E-state index is 14.1. The Labute approximate surface area is 346 Å². The quantitative estimate of drug-likeness (QED) is 0.131. The highest BCUT2D eigenvalue weighted by Crippen LogP contribution is 2.51. The van der Waals surface area contributed by atoms with Gasteiger partial charge in [-0.3, -0.25) is 9.59 Å². The summed E-state index contributed by atoms with van der Waals surface area (Å²) < 4.78 is 23.3. The minimum absolute atomic E-state index is 0.0505. The number of methoxy groups -OCH3 is 1. The summed E-state index contributed by atoms with van der Waals surface area (Å²) in [5.74, 6) is 2.19. The Morgan fingerprint density at radius 1 is 0.783 bits per heavy atom. The number of hydrogen-bond donors (Lipinski definition) is 5. The number of carbonyl (C=O) groups is 4. The summed E-state index contributed by atoms with van der Waals surface area (Å²) in [4.78, 5) is 71.3. The van der Waals surface area contributed by atoms with Crippen LogP contribution in [0.2, 0.25) is 0 Å². The second-order valence-corrected chi connectivity index (χ2v) is 16.6. The number of nitrogens with zero attached hydrogens (tertiary/aromatic N) is 4. The summed E-state index contributed by atoms with van der Waals surface area (Å²) >= 11 is 0. The van der Waals surface area contributed by atoms with Gasteiger partial charge >= 0.3 is 12.2 Å². The number of alkyl carbamates (subject to hydrolysis) is 1. The number of H-pyrrole nitrogens is 2. The fourth-order valence-electron chi connectivity index (χ4n) is 9.55. The van der Waals surface area contributed by atoms with Crippen LogP contribution in [0.3, 0.4) is 0 Å². The Bertz CT molecular complexity index is 2270. The molecule has 60 heavy (non-hydrogen) atoms. The van der Waals surface area contributed by atoms with Crippen LogP contribution in [-0.2, 0) is 32.3 Å². The molecular formula is C43H50N8O9. The molecule has 2 aromatic carbocycles. The first-order valence-corrected chi connectivity index (χ1v) is 20.8. The highest BCUT2D eigenvalue weighted by atomic mass is 16.5. The van der Waals surface area contributed by atoms with E-state index in [2.05, 4.69) is 32.7 Å². The van der Waals surface area contributed by atoms with Crippen LogP contribution >= 0.6 is 0 Å². The summed E-state index contributed by atoms with van der Waals surface area (Å²) in [5.41, 5.74) is 7.30. The molecule has 0 unspecified atom stereocenters. The number of aromatic amines is 2. The number of hydrogen-bond acceptors (Lipinski definition) is 10. The maximum Gasteiger partial charge on any atom is 0.407 e. The molecule has 2 aromatic heterocycles. The lowest BCUT2D eigenvalue weighted by molar-refractivity contribution is -0.137. The average Bonchev–Trinajstić information content (AvgIpc) is 4.10. The first-order chi connectivity index (χ1) is 29.1. The normalized spacial score (nSPS) is 20.5. The van der Waals surface area contributed by atoms with Crippen molar-refractivity contribution >= 4 is 24.0 Å². The molecule has 3 fully saturated rings. The van der Waals surface area contributed by atoms with Gasteiger partial charge in [-0.1, -0.05) is 13.8 Å². The molecular weight excluding hydrogens is 773 g/mol. The first kappa shape index (κ1) is 39.4. The third-order valence-electron chi connectivity index (χ3n) is 12.6. The molecule has 4 aromatic rings. The van der Waals surface area contributed by atoms with Crippen molar-refractivity contribution in [3.05, 3.63) is 59.4 Å². The first-order valence-electron chi connectivity index (χ1n) is 20.8. The van der Waals surface area contributed by atoms with Crippen LogP contribution in [-0.4, -0.2) is 104 Å². The van der Waals surface area contributed by atoms with Gasteiger partial charge in [0, 0.05) is 59.7 Å². The molecule has 0 bridgehead atoms. The van der Waals surface area contributed by atoms with Crippen LogP contribution in [0.25, 0.3) is 33.6 Å². The van der Waals surface area contributed by atoms with Gasteiger partial charge < -0.3 is 54.5 Å². The van der Waals surface area contributed by atoms with E-state index in [4.69, 9.17) is 28.9 Å². The fraction of sp³-hybridized carbons (Fsp3) is 0.488. The zero-order valence-corrected chi connectivity index (χ0v) is 33.9. The number of rotatable bonds is 10. The zero-order chi connectivity index (χ0) is 41.7. The molecule has 17 nitrogen and oxygen atoms in total. The van der Waals surface area contributed by atoms with Crippen molar-refractivity contribution in [2.24, 2.45) is 11.8 Å². The van der Waals surface area contributed by atoms with E-state index in [0.717, 1.165) is 82.0 Å². The molecule has 9 rings (SSSR count). The summed E-state index contributed by atoms with van der Waals surface area (Å²) in [6.45, 7) is 6.49. The van der Waals surface area contributed by atoms with Gasteiger partial charge in [-0.05, 0) is 74.6 Å².